The van der Waals surface area contributed by atoms with E-state index < -0.39 is 0 Å². The Bertz CT molecular complexity index is 246. The van der Waals surface area contributed by atoms with Crippen LogP contribution in [0, 0.1) is 5.92 Å². The first kappa shape index (κ1) is 9.71. The summed E-state index contributed by atoms with van der Waals surface area (Å²) in [5, 5.41) is 0. The topological polar surface area (TPSA) is 29.5 Å². The third kappa shape index (κ3) is 2.15. The van der Waals surface area contributed by atoms with Crippen LogP contribution >= 0.6 is 0 Å². The third-order valence-corrected chi connectivity index (χ3v) is 2.96. The number of rotatable bonds is 2. The molecule has 2 heterocycles. The van der Waals surface area contributed by atoms with Crippen LogP contribution in [0.1, 0.15) is 19.8 Å². The molecule has 2 unspecified atom stereocenters. The van der Waals surface area contributed by atoms with Gasteiger partial charge in [-0.15, -0.1) is 0 Å². The first-order valence-corrected chi connectivity index (χ1v) is 5.36. The van der Waals surface area contributed by atoms with E-state index in [0.717, 1.165) is 18.9 Å². The summed E-state index contributed by atoms with van der Waals surface area (Å²) >= 11 is 0. The number of carbonyl (C=O) groups excluding carboxylic acids is 1. The fourth-order valence-electron chi connectivity index (χ4n) is 2.40. The van der Waals surface area contributed by atoms with Gasteiger partial charge in [-0.1, -0.05) is 0 Å². The Hall–Kier alpha value is -0.830. The molecule has 2 aliphatic heterocycles. The third-order valence-electron chi connectivity index (χ3n) is 2.96. The van der Waals surface area contributed by atoms with Crippen molar-refractivity contribution in [3.05, 3.63) is 11.6 Å². The quantitative estimate of drug-likeness (QED) is 0.490. The molecule has 0 aromatic carbocycles. The molecule has 2 fully saturated rings. The van der Waals surface area contributed by atoms with Crippen molar-refractivity contribution in [2.45, 2.75) is 19.8 Å². The Morgan fingerprint density at radius 2 is 2.57 bits per heavy atom. The molecule has 78 valence electrons. The zero-order valence-electron chi connectivity index (χ0n) is 8.66. The van der Waals surface area contributed by atoms with E-state index >= 15 is 0 Å². The molecule has 2 bridgehead atoms. The van der Waals surface area contributed by atoms with Gasteiger partial charge in [0.2, 0.25) is 0 Å². The average molecular weight is 195 g/mol. The summed E-state index contributed by atoms with van der Waals surface area (Å²) in [6.07, 6.45) is 4.07. The SMILES string of the molecule is CCOC(=O)C=C1CC2CCN(C1)C2. The van der Waals surface area contributed by atoms with Gasteiger partial charge in [0.05, 0.1) is 6.61 Å². The lowest BCUT2D eigenvalue weighted by Crippen LogP contribution is -2.28. The first-order valence-electron chi connectivity index (χ1n) is 5.36. The van der Waals surface area contributed by atoms with Crippen LogP contribution in [0.3, 0.4) is 0 Å². The molecule has 0 aromatic heterocycles. The number of hydrogen-bond donors (Lipinski definition) is 0. The van der Waals surface area contributed by atoms with Crippen molar-refractivity contribution in [2.75, 3.05) is 26.2 Å². The maximum Gasteiger partial charge on any atom is 0.330 e. The molecule has 2 rings (SSSR count). The van der Waals surface area contributed by atoms with Crippen molar-refractivity contribution in [1.29, 1.82) is 0 Å². The van der Waals surface area contributed by atoms with Crippen molar-refractivity contribution >= 4 is 5.97 Å². The van der Waals surface area contributed by atoms with Crippen molar-refractivity contribution in [2.24, 2.45) is 5.92 Å². The number of piperidine rings is 1. The van der Waals surface area contributed by atoms with Gasteiger partial charge in [0.1, 0.15) is 0 Å². The lowest BCUT2D eigenvalue weighted by Gasteiger charge is -2.24. The number of hydrogen-bond acceptors (Lipinski definition) is 3. The first-order chi connectivity index (χ1) is 6.78. The fraction of sp³-hybridized carbons (Fsp3) is 0.727. The Labute approximate surface area is 84.7 Å². The number of nitrogens with zero attached hydrogens (tertiary/aromatic N) is 1. The molecular formula is C11H17NO2. The van der Waals surface area contributed by atoms with E-state index in [4.69, 9.17) is 4.74 Å². The van der Waals surface area contributed by atoms with E-state index in [1.807, 2.05) is 6.92 Å². The number of esters is 1. The van der Waals surface area contributed by atoms with Gasteiger partial charge in [-0.25, -0.2) is 4.79 Å². The van der Waals surface area contributed by atoms with Crippen molar-refractivity contribution in [3.8, 4) is 0 Å². The second-order valence-electron chi connectivity index (χ2n) is 4.15. The van der Waals surface area contributed by atoms with Gasteiger partial charge in [0.15, 0.2) is 0 Å². The summed E-state index contributed by atoms with van der Waals surface area (Å²) in [7, 11) is 0. The van der Waals surface area contributed by atoms with Crippen LogP contribution in [0.4, 0.5) is 0 Å². The zero-order chi connectivity index (χ0) is 9.97. The van der Waals surface area contributed by atoms with Crippen LogP contribution in [0.15, 0.2) is 11.6 Å². The molecule has 14 heavy (non-hydrogen) atoms. The van der Waals surface area contributed by atoms with Crippen LogP contribution in [0.2, 0.25) is 0 Å². The van der Waals surface area contributed by atoms with E-state index in [1.54, 1.807) is 6.08 Å². The highest BCUT2D eigenvalue weighted by Crippen LogP contribution is 2.29. The molecule has 0 amide bonds. The summed E-state index contributed by atoms with van der Waals surface area (Å²) < 4.78 is 4.90. The van der Waals surface area contributed by atoms with Gasteiger partial charge in [-0.05, 0) is 37.8 Å². The normalized spacial score (nSPS) is 33.4. The number of carbonyl (C=O) groups is 1. The van der Waals surface area contributed by atoms with E-state index in [2.05, 4.69) is 4.90 Å². The van der Waals surface area contributed by atoms with Crippen molar-refractivity contribution < 1.29 is 9.53 Å². The summed E-state index contributed by atoms with van der Waals surface area (Å²) in [4.78, 5) is 13.6. The molecule has 2 saturated heterocycles. The van der Waals surface area contributed by atoms with Crippen LogP contribution in [-0.2, 0) is 9.53 Å². The minimum atomic E-state index is -0.176. The summed E-state index contributed by atoms with van der Waals surface area (Å²) in [6.45, 7) is 5.69. The van der Waals surface area contributed by atoms with E-state index in [1.165, 1.54) is 25.1 Å². The molecular weight excluding hydrogens is 178 g/mol. The van der Waals surface area contributed by atoms with Gasteiger partial charge in [0.25, 0.3) is 0 Å². The molecule has 0 aliphatic carbocycles. The van der Waals surface area contributed by atoms with Crippen LogP contribution in [0.5, 0.6) is 0 Å². The molecule has 0 saturated carbocycles. The largest absolute Gasteiger partial charge is 0.463 e. The van der Waals surface area contributed by atoms with Gasteiger partial charge < -0.3 is 4.74 Å². The highest BCUT2D eigenvalue weighted by Gasteiger charge is 2.29. The lowest BCUT2D eigenvalue weighted by atomic mass is 9.96. The minimum Gasteiger partial charge on any atom is -0.463 e. The molecule has 0 spiro atoms. The van der Waals surface area contributed by atoms with E-state index in [9.17, 15) is 4.79 Å². The smallest absolute Gasteiger partial charge is 0.330 e. The van der Waals surface area contributed by atoms with Gasteiger partial charge in [-0.2, -0.15) is 0 Å². The maximum atomic E-state index is 11.2. The Kier molecular flexibility index (Phi) is 2.87. The average Bonchev–Trinajstić information content (AvgIpc) is 2.46. The minimum absolute atomic E-state index is 0.176. The molecule has 2 atom stereocenters. The van der Waals surface area contributed by atoms with Gasteiger partial charge >= 0.3 is 5.97 Å². The molecule has 3 nitrogen and oxygen atoms in total. The van der Waals surface area contributed by atoms with Gasteiger partial charge in [-0.3, -0.25) is 4.90 Å². The van der Waals surface area contributed by atoms with Crippen LogP contribution in [-0.4, -0.2) is 37.1 Å². The molecule has 2 aliphatic rings. The zero-order valence-corrected chi connectivity index (χ0v) is 8.66. The number of fused-ring (bicyclic) bond motifs is 2. The van der Waals surface area contributed by atoms with Crippen molar-refractivity contribution in [1.82, 2.24) is 4.90 Å². The highest BCUT2D eigenvalue weighted by atomic mass is 16.5. The van der Waals surface area contributed by atoms with Crippen LogP contribution in [0.25, 0.3) is 0 Å². The molecule has 0 radical (unpaired) electrons. The predicted octanol–water partition coefficient (Wildman–Crippen LogP) is 1.20. The summed E-state index contributed by atoms with van der Waals surface area (Å²) in [6, 6.07) is 0. The second-order valence-corrected chi connectivity index (χ2v) is 4.15. The summed E-state index contributed by atoms with van der Waals surface area (Å²) in [5.41, 5.74) is 1.25. The van der Waals surface area contributed by atoms with E-state index in [0.29, 0.717) is 6.61 Å². The lowest BCUT2D eigenvalue weighted by molar-refractivity contribution is -0.137. The Morgan fingerprint density at radius 3 is 3.29 bits per heavy atom. The van der Waals surface area contributed by atoms with Crippen LogP contribution < -0.4 is 0 Å². The fourth-order valence-corrected chi connectivity index (χ4v) is 2.40. The maximum absolute atomic E-state index is 11.2. The standard InChI is InChI=1S/C11H17NO2/c1-2-14-11(13)6-10-5-9-3-4-12(7-9)8-10/h6,9H,2-5,7-8H2,1H3. The van der Waals surface area contributed by atoms with Gasteiger partial charge in [0, 0.05) is 19.2 Å². The highest BCUT2D eigenvalue weighted by molar-refractivity contribution is 5.82. The summed E-state index contributed by atoms with van der Waals surface area (Å²) in [5.74, 6) is 0.606. The monoisotopic (exact) mass is 195 g/mol. The molecule has 3 heteroatoms. The Balaban J connectivity index is 1.95. The number of ether oxygens (including phenoxy) is 1. The predicted molar refractivity (Wildman–Crippen MR) is 53.9 cm³/mol. The molecule has 0 N–H and O–H groups in total. The van der Waals surface area contributed by atoms with E-state index in [-0.39, 0.29) is 5.97 Å². The van der Waals surface area contributed by atoms with Crippen molar-refractivity contribution in [3.63, 3.8) is 0 Å². The second kappa shape index (κ2) is 4.13. The Morgan fingerprint density at radius 1 is 1.71 bits per heavy atom. The molecule has 0 aromatic rings.